The van der Waals surface area contributed by atoms with Crippen molar-refractivity contribution in [2.75, 3.05) is 0 Å². The van der Waals surface area contributed by atoms with Crippen molar-refractivity contribution in [3.63, 3.8) is 0 Å². The molecule has 0 fully saturated rings. The summed E-state index contributed by atoms with van der Waals surface area (Å²) in [5.41, 5.74) is 1.66. The maximum absolute atomic E-state index is 10.8. The number of carboxylic acids is 1. The number of benzene rings is 1. The molecule has 4 heteroatoms. The number of nitrogens with zero attached hydrogens (tertiary/aromatic N) is 1. The van der Waals surface area contributed by atoms with Gasteiger partial charge in [-0.05, 0) is 17.3 Å². The van der Waals surface area contributed by atoms with Gasteiger partial charge in [0, 0.05) is 27.3 Å². The summed E-state index contributed by atoms with van der Waals surface area (Å²) >= 11 is 0. The summed E-state index contributed by atoms with van der Waals surface area (Å²) in [4.78, 5) is 14.9. The Morgan fingerprint density at radius 2 is 2.12 bits per heavy atom. The molecule has 1 aromatic carbocycles. The molecule has 1 N–H and O–H groups in total. The summed E-state index contributed by atoms with van der Waals surface area (Å²) in [6, 6.07) is 13.1. The Kier molecular flexibility index (Phi) is 4.38. The fourth-order valence-corrected chi connectivity index (χ4v) is 1.27. The second-order valence-corrected chi connectivity index (χ2v) is 3.01. The Morgan fingerprint density at radius 3 is 2.75 bits per heavy atom. The molecule has 1 aromatic heterocycles. The molecule has 0 aliphatic rings. The fraction of sp³-hybridized carbons (Fsp3) is 0. The third-order valence-electron chi connectivity index (χ3n) is 1.99. The van der Waals surface area contributed by atoms with E-state index >= 15 is 0 Å². The van der Waals surface area contributed by atoms with Gasteiger partial charge in [-0.3, -0.25) is 0 Å². The Labute approximate surface area is 107 Å². The van der Waals surface area contributed by atoms with E-state index in [9.17, 15) is 4.79 Å². The summed E-state index contributed by atoms with van der Waals surface area (Å²) < 4.78 is 0. The zero-order valence-electron chi connectivity index (χ0n) is 8.16. The third kappa shape index (κ3) is 2.77. The van der Waals surface area contributed by atoms with Crippen LogP contribution in [0.1, 0.15) is 10.4 Å². The Bertz CT molecular complexity index is 485. The van der Waals surface area contributed by atoms with Gasteiger partial charge in [-0.2, -0.15) is 0 Å². The first-order valence-corrected chi connectivity index (χ1v) is 4.44. The van der Waals surface area contributed by atoms with Crippen LogP contribution in [0.15, 0.2) is 42.6 Å². The van der Waals surface area contributed by atoms with E-state index in [-0.39, 0.29) is 26.6 Å². The number of rotatable bonds is 2. The maximum atomic E-state index is 10.8. The molecule has 84 valence electrons. The van der Waals surface area contributed by atoms with Crippen LogP contribution < -0.4 is 0 Å². The van der Waals surface area contributed by atoms with Crippen LogP contribution in [0.3, 0.4) is 0 Å². The minimum atomic E-state index is -0.943. The minimum Gasteiger partial charge on any atom is -0.479 e. The van der Waals surface area contributed by atoms with E-state index in [0.29, 0.717) is 5.56 Å². The van der Waals surface area contributed by atoms with Crippen molar-refractivity contribution in [1.82, 2.24) is 4.98 Å². The molecule has 0 atom stereocenters. The Balaban J connectivity index is 0.00000128. The van der Waals surface area contributed by atoms with Crippen LogP contribution >= 0.6 is 0 Å². The second-order valence-electron chi connectivity index (χ2n) is 3.01. The zero-order chi connectivity index (χ0) is 10.7. The van der Waals surface area contributed by atoms with Gasteiger partial charge in [0.15, 0.2) is 0 Å². The molecule has 0 bridgehead atoms. The molecule has 0 aliphatic carbocycles. The van der Waals surface area contributed by atoms with Gasteiger partial charge in [-0.15, -0.1) is 29.8 Å². The molecule has 1 heterocycles. The molecule has 3 nitrogen and oxygen atoms in total. The van der Waals surface area contributed by atoms with Crippen LogP contribution in [0.2, 0.25) is 0 Å². The van der Waals surface area contributed by atoms with Crippen molar-refractivity contribution in [3.05, 3.63) is 54.2 Å². The first-order chi connectivity index (χ1) is 7.27. The summed E-state index contributed by atoms with van der Waals surface area (Å²) in [7, 11) is 0. The van der Waals surface area contributed by atoms with Gasteiger partial charge in [0.1, 0.15) is 0 Å². The van der Waals surface area contributed by atoms with Gasteiger partial charge in [0.2, 0.25) is 0 Å². The van der Waals surface area contributed by atoms with E-state index in [4.69, 9.17) is 5.11 Å². The van der Waals surface area contributed by atoms with Crippen LogP contribution in [0, 0.1) is 6.07 Å². The molecule has 2 aromatic rings. The van der Waals surface area contributed by atoms with Crippen molar-refractivity contribution in [3.8, 4) is 11.3 Å². The van der Waals surface area contributed by atoms with Crippen LogP contribution in [0.4, 0.5) is 0 Å². The van der Waals surface area contributed by atoms with Gasteiger partial charge in [-0.1, -0.05) is 12.1 Å². The molecule has 0 amide bonds. The van der Waals surface area contributed by atoms with E-state index in [1.54, 1.807) is 18.3 Å². The first kappa shape index (κ1) is 12.6. The van der Waals surface area contributed by atoms with E-state index in [0.717, 1.165) is 5.69 Å². The molecular formula is C12H8NO2Pt-. The van der Waals surface area contributed by atoms with E-state index in [2.05, 4.69) is 11.1 Å². The quantitative estimate of drug-likeness (QED) is 0.797. The zero-order valence-corrected chi connectivity index (χ0v) is 10.4. The molecule has 0 radical (unpaired) electrons. The number of pyridine rings is 1. The third-order valence-corrected chi connectivity index (χ3v) is 1.99. The van der Waals surface area contributed by atoms with Crippen LogP contribution in [0.25, 0.3) is 11.3 Å². The van der Waals surface area contributed by atoms with Gasteiger partial charge in [0.05, 0.1) is 0 Å². The number of carbonyl (C=O) groups is 1. The van der Waals surface area contributed by atoms with Gasteiger partial charge < -0.3 is 10.1 Å². The summed E-state index contributed by atoms with van der Waals surface area (Å²) in [5.74, 6) is -0.943. The van der Waals surface area contributed by atoms with Crippen LogP contribution in [-0.2, 0) is 21.1 Å². The number of hydrogen-bond donors (Lipinski definition) is 1. The van der Waals surface area contributed by atoms with E-state index in [1.807, 2.05) is 18.2 Å². The molecule has 0 spiro atoms. The van der Waals surface area contributed by atoms with Crippen molar-refractivity contribution < 1.29 is 31.0 Å². The van der Waals surface area contributed by atoms with Gasteiger partial charge >= 0.3 is 5.97 Å². The van der Waals surface area contributed by atoms with Crippen molar-refractivity contribution >= 4 is 5.97 Å². The first-order valence-electron chi connectivity index (χ1n) is 4.44. The minimum absolute atomic E-state index is 0. The average molecular weight is 393 g/mol. The van der Waals surface area contributed by atoms with Gasteiger partial charge in [0.25, 0.3) is 0 Å². The van der Waals surface area contributed by atoms with Crippen molar-refractivity contribution in [1.29, 1.82) is 0 Å². The number of aromatic nitrogens is 1. The predicted molar refractivity (Wildman–Crippen MR) is 55.5 cm³/mol. The van der Waals surface area contributed by atoms with Crippen LogP contribution in [0.5, 0.6) is 0 Å². The second kappa shape index (κ2) is 5.57. The molecule has 16 heavy (non-hydrogen) atoms. The Morgan fingerprint density at radius 1 is 1.31 bits per heavy atom. The fourth-order valence-electron chi connectivity index (χ4n) is 1.27. The average Bonchev–Trinajstić information content (AvgIpc) is 2.30. The molecule has 2 rings (SSSR count). The van der Waals surface area contributed by atoms with Crippen LogP contribution in [-0.4, -0.2) is 16.1 Å². The topological polar surface area (TPSA) is 50.2 Å². The predicted octanol–water partition coefficient (Wildman–Crippen LogP) is 2.24. The number of hydrogen-bond acceptors (Lipinski definition) is 2. The van der Waals surface area contributed by atoms with Crippen molar-refractivity contribution in [2.45, 2.75) is 0 Å². The number of aromatic carboxylic acids is 1. The molecule has 0 aliphatic heterocycles. The molecule has 0 saturated carbocycles. The SMILES string of the molecule is O=C(O)c1cc[c-]c(-c2ccccn2)c1.[Pt]. The van der Waals surface area contributed by atoms with E-state index in [1.165, 1.54) is 6.07 Å². The largest absolute Gasteiger partial charge is 0.479 e. The standard InChI is InChI=1S/C12H8NO2.Pt/c14-12(15)10-5-3-4-9(8-10)11-6-1-2-7-13-11;/h1-3,5-8H,(H,14,15);/q-1;. The maximum Gasteiger partial charge on any atom is 0.316 e. The van der Waals surface area contributed by atoms with Crippen molar-refractivity contribution in [2.24, 2.45) is 0 Å². The van der Waals surface area contributed by atoms with E-state index < -0.39 is 5.97 Å². The summed E-state index contributed by atoms with van der Waals surface area (Å²) in [5, 5.41) is 8.82. The molecule has 0 unspecified atom stereocenters. The Hall–Kier alpha value is -1.47. The normalized spacial score (nSPS) is 9.25. The summed E-state index contributed by atoms with van der Waals surface area (Å²) in [6.45, 7) is 0. The molecule has 0 saturated heterocycles. The summed E-state index contributed by atoms with van der Waals surface area (Å²) in [6.07, 6.45) is 1.66. The van der Waals surface area contributed by atoms with Gasteiger partial charge in [-0.25, -0.2) is 4.79 Å². The smallest absolute Gasteiger partial charge is 0.316 e. The number of carboxylic acid groups (broad SMARTS) is 1. The monoisotopic (exact) mass is 393 g/mol. The molecular weight excluding hydrogens is 385 g/mol.